The Bertz CT molecular complexity index is 497. The van der Waals surface area contributed by atoms with Crippen molar-refractivity contribution in [1.82, 2.24) is 0 Å². The third kappa shape index (κ3) is 1.67. The van der Waals surface area contributed by atoms with Crippen LogP contribution >= 0.6 is 0 Å². The van der Waals surface area contributed by atoms with E-state index < -0.39 is 0 Å². The molecule has 0 aliphatic carbocycles. The molecule has 0 amide bonds. The second-order valence-corrected chi connectivity index (χ2v) is 6.74. The van der Waals surface area contributed by atoms with E-state index in [2.05, 4.69) is 60.4 Å². The van der Waals surface area contributed by atoms with E-state index in [1.165, 1.54) is 34.4 Å². The van der Waals surface area contributed by atoms with Crippen molar-refractivity contribution in [2.24, 2.45) is 0 Å². The van der Waals surface area contributed by atoms with E-state index >= 15 is 0 Å². The molecule has 0 aromatic heterocycles. The molecule has 1 aromatic rings. The van der Waals surface area contributed by atoms with Crippen molar-refractivity contribution in [1.29, 1.82) is 0 Å². The van der Waals surface area contributed by atoms with Gasteiger partial charge >= 0.3 is 0 Å². The third-order valence-corrected chi connectivity index (χ3v) is 5.24. The molecule has 1 heterocycles. The average molecular weight is 245 g/mol. The van der Waals surface area contributed by atoms with Crippen LogP contribution in [0.5, 0.6) is 0 Å². The first-order valence-electron chi connectivity index (χ1n) is 7.02. The zero-order chi connectivity index (χ0) is 13.8. The van der Waals surface area contributed by atoms with Crippen molar-refractivity contribution >= 4 is 5.69 Å². The predicted octanol–water partition coefficient (Wildman–Crippen LogP) is 4.64. The normalized spacial score (nSPS) is 22.0. The Kier molecular flexibility index (Phi) is 3.00. The Hall–Kier alpha value is -0.980. The first-order valence-corrected chi connectivity index (χ1v) is 7.02. The van der Waals surface area contributed by atoms with E-state index in [1.807, 2.05) is 0 Å². The maximum Gasteiger partial charge on any atom is 0.0438 e. The van der Waals surface area contributed by atoms with Gasteiger partial charge in [-0.25, -0.2) is 0 Å². The molecule has 1 heteroatoms. The van der Waals surface area contributed by atoms with Crippen LogP contribution in [0, 0.1) is 27.7 Å². The molecule has 0 bridgehead atoms. The van der Waals surface area contributed by atoms with Gasteiger partial charge in [-0.3, -0.25) is 0 Å². The van der Waals surface area contributed by atoms with E-state index in [0.29, 0.717) is 5.92 Å². The quantitative estimate of drug-likeness (QED) is 0.643. The molecule has 0 N–H and O–H groups in total. The molecule has 18 heavy (non-hydrogen) atoms. The highest BCUT2D eigenvalue weighted by atomic mass is 15.2. The Labute approximate surface area is 112 Å². The van der Waals surface area contributed by atoms with Gasteiger partial charge in [0.25, 0.3) is 0 Å². The van der Waals surface area contributed by atoms with Gasteiger partial charge in [0, 0.05) is 18.3 Å². The summed E-state index contributed by atoms with van der Waals surface area (Å²) in [5.74, 6) is 0.657. The van der Waals surface area contributed by atoms with Crippen LogP contribution in [0.3, 0.4) is 0 Å². The van der Waals surface area contributed by atoms with Crippen LogP contribution in [-0.2, 0) is 0 Å². The average Bonchev–Trinajstić information content (AvgIpc) is 2.27. The molecule has 1 aliphatic heterocycles. The minimum Gasteiger partial charge on any atom is -0.369 e. The van der Waals surface area contributed by atoms with Crippen molar-refractivity contribution in [3.8, 4) is 0 Å². The first kappa shape index (κ1) is 13.5. The second kappa shape index (κ2) is 4.01. The topological polar surface area (TPSA) is 3.24 Å². The summed E-state index contributed by atoms with van der Waals surface area (Å²) in [6.45, 7) is 16.2. The minimum atomic E-state index is 0.255. The zero-order valence-corrected chi connectivity index (χ0v) is 13.2. The maximum atomic E-state index is 2.50. The van der Waals surface area contributed by atoms with Crippen molar-refractivity contribution in [3.05, 3.63) is 27.8 Å². The van der Waals surface area contributed by atoms with E-state index in [-0.39, 0.29) is 5.54 Å². The van der Waals surface area contributed by atoms with Crippen molar-refractivity contribution in [2.75, 3.05) is 11.9 Å². The zero-order valence-electron chi connectivity index (χ0n) is 13.2. The molecule has 1 nitrogen and oxygen atoms in total. The second-order valence-electron chi connectivity index (χ2n) is 6.74. The highest BCUT2D eigenvalue weighted by Crippen LogP contribution is 2.47. The monoisotopic (exact) mass is 245 g/mol. The van der Waals surface area contributed by atoms with Crippen LogP contribution in [-0.4, -0.2) is 12.6 Å². The van der Waals surface area contributed by atoms with E-state index in [9.17, 15) is 0 Å². The summed E-state index contributed by atoms with van der Waals surface area (Å²) < 4.78 is 0. The largest absolute Gasteiger partial charge is 0.369 e. The Morgan fingerprint density at radius 3 is 2.00 bits per heavy atom. The summed E-state index contributed by atoms with van der Waals surface area (Å²) in [5, 5.41) is 0. The maximum absolute atomic E-state index is 2.50. The summed E-state index contributed by atoms with van der Waals surface area (Å²) in [4.78, 5) is 2.50. The molecule has 1 aliphatic rings. The number of anilines is 1. The number of fused-ring (bicyclic) bond motifs is 1. The van der Waals surface area contributed by atoms with E-state index in [0.717, 1.165) is 0 Å². The van der Waals surface area contributed by atoms with E-state index in [4.69, 9.17) is 0 Å². The molecule has 1 unspecified atom stereocenters. The Morgan fingerprint density at radius 1 is 0.944 bits per heavy atom. The lowest BCUT2D eigenvalue weighted by atomic mass is 9.76. The molecule has 2 rings (SSSR count). The van der Waals surface area contributed by atoms with Crippen LogP contribution in [0.25, 0.3) is 0 Å². The van der Waals surface area contributed by atoms with Gasteiger partial charge in [-0.2, -0.15) is 0 Å². The summed E-state index contributed by atoms with van der Waals surface area (Å²) >= 11 is 0. The fraction of sp³-hybridized carbons (Fsp3) is 0.647. The molecule has 0 saturated carbocycles. The molecular weight excluding hydrogens is 218 g/mol. The third-order valence-electron chi connectivity index (χ3n) is 5.24. The molecule has 1 atom stereocenters. The lowest BCUT2D eigenvalue weighted by Gasteiger charge is -2.47. The smallest absolute Gasteiger partial charge is 0.0438 e. The van der Waals surface area contributed by atoms with Crippen molar-refractivity contribution in [3.63, 3.8) is 0 Å². The Balaban J connectivity index is 2.81. The number of benzene rings is 1. The van der Waals surface area contributed by atoms with E-state index in [1.54, 1.807) is 5.56 Å². The summed E-state index contributed by atoms with van der Waals surface area (Å²) in [7, 11) is 2.26. The molecule has 1 aromatic carbocycles. The summed E-state index contributed by atoms with van der Waals surface area (Å²) in [6, 6.07) is 0. The van der Waals surface area contributed by atoms with Crippen LogP contribution in [0.4, 0.5) is 5.69 Å². The van der Waals surface area contributed by atoms with Gasteiger partial charge in [0.15, 0.2) is 0 Å². The highest BCUT2D eigenvalue weighted by Gasteiger charge is 2.36. The van der Waals surface area contributed by atoms with Crippen LogP contribution in [0.2, 0.25) is 0 Å². The molecule has 0 spiro atoms. The van der Waals surface area contributed by atoms with Gasteiger partial charge in [-0.15, -0.1) is 0 Å². The Morgan fingerprint density at radius 2 is 1.44 bits per heavy atom. The number of nitrogens with zero attached hydrogens (tertiary/aromatic N) is 1. The summed E-state index contributed by atoms with van der Waals surface area (Å²) in [6.07, 6.45) is 1.24. The first-order chi connectivity index (χ1) is 8.18. The van der Waals surface area contributed by atoms with Gasteiger partial charge in [0.05, 0.1) is 0 Å². The molecular formula is C17H27N. The lowest BCUT2D eigenvalue weighted by molar-refractivity contribution is 0.393. The van der Waals surface area contributed by atoms with Gasteiger partial charge in [0.1, 0.15) is 0 Å². The minimum absolute atomic E-state index is 0.255. The van der Waals surface area contributed by atoms with Gasteiger partial charge in [0.2, 0.25) is 0 Å². The van der Waals surface area contributed by atoms with Crippen LogP contribution in [0.15, 0.2) is 0 Å². The number of hydrogen-bond donors (Lipinski definition) is 0. The number of hydrogen-bond acceptors (Lipinski definition) is 1. The number of rotatable bonds is 0. The fourth-order valence-electron chi connectivity index (χ4n) is 3.65. The molecule has 100 valence electrons. The SMILES string of the molecule is Cc1c(C)c(C)c2c(c1C)C(C)CC(C)(C)N2C. The standard InChI is InChI=1S/C17H27N/c1-10-9-17(6,7)18(8)16-14(5)12(3)11(2)13(4)15(10)16/h10H,9H2,1-8H3. The van der Waals surface area contributed by atoms with Gasteiger partial charge < -0.3 is 4.90 Å². The summed E-state index contributed by atoms with van der Waals surface area (Å²) in [5.41, 5.74) is 9.23. The van der Waals surface area contributed by atoms with Gasteiger partial charge in [-0.1, -0.05) is 6.92 Å². The predicted molar refractivity (Wildman–Crippen MR) is 80.9 cm³/mol. The lowest BCUT2D eigenvalue weighted by Crippen LogP contribution is -2.46. The molecule has 0 fully saturated rings. The molecule has 0 radical (unpaired) electrons. The van der Waals surface area contributed by atoms with Crippen LogP contribution < -0.4 is 4.90 Å². The molecule has 0 saturated heterocycles. The fourth-order valence-corrected chi connectivity index (χ4v) is 3.65. The van der Waals surface area contributed by atoms with Crippen molar-refractivity contribution < 1.29 is 0 Å². The van der Waals surface area contributed by atoms with Crippen molar-refractivity contribution in [2.45, 2.75) is 66.3 Å². The van der Waals surface area contributed by atoms with Crippen LogP contribution in [0.1, 0.15) is 60.9 Å². The van der Waals surface area contributed by atoms with Gasteiger partial charge in [-0.05, 0) is 81.7 Å². The highest BCUT2D eigenvalue weighted by molar-refractivity contribution is 5.69.